The van der Waals surface area contributed by atoms with Crippen LogP contribution >= 0.6 is 0 Å². The zero-order chi connectivity index (χ0) is 16.8. The van der Waals surface area contributed by atoms with E-state index in [9.17, 15) is 4.79 Å². The molecule has 0 fully saturated rings. The molecule has 0 aliphatic carbocycles. The first-order valence-corrected chi connectivity index (χ1v) is 7.85. The summed E-state index contributed by atoms with van der Waals surface area (Å²) >= 11 is 0. The summed E-state index contributed by atoms with van der Waals surface area (Å²) < 4.78 is 16.5. The largest absolute Gasteiger partial charge is 0.492 e. The molecule has 2 aromatic carbocycles. The fourth-order valence-corrected chi connectivity index (χ4v) is 2.26. The van der Waals surface area contributed by atoms with Gasteiger partial charge in [-0.05, 0) is 31.2 Å². The fourth-order valence-electron chi connectivity index (χ4n) is 2.26. The van der Waals surface area contributed by atoms with E-state index in [1.54, 1.807) is 18.2 Å². The number of fused-ring (bicyclic) bond motifs is 1. The summed E-state index contributed by atoms with van der Waals surface area (Å²) in [4.78, 5) is 11.9. The number of carbonyl (C=O) groups is 1. The monoisotopic (exact) mass is 328 g/mol. The van der Waals surface area contributed by atoms with Gasteiger partial charge in [0.25, 0.3) is 0 Å². The summed E-state index contributed by atoms with van der Waals surface area (Å²) in [5.74, 6) is 2.12. The van der Waals surface area contributed by atoms with Crippen molar-refractivity contribution in [2.24, 2.45) is 0 Å². The van der Waals surface area contributed by atoms with Crippen molar-refractivity contribution in [1.82, 2.24) is 5.32 Å². The molecule has 0 saturated carbocycles. The number of hydrogen-bond donors (Lipinski definition) is 2. The number of urea groups is 1. The van der Waals surface area contributed by atoms with Gasteiger partial charge < -0.3 is 24.8 Å². The average Bonchev–Trinajstić information content (AvgIpc) is 2.60. The molecule has 0 aromatic heterocycles. The molecule has 2 N–H and O–H groups in total. The molecule has 0 unspecified atom stereocenters. The van der Waals surface area contributed by atoms with Gasteiger partial charge in [-0.25, -0.2) is 4.79 Å². The van der Waals surface area contributed by atoms with Crippen LogP contribution in [0, 0.1) is 6.92 Å². The van der Waals surface area contributed by atoms with Crippen molar-refractivity contribution in [3.05, 3.63) is 48.0 Å². The highest BCUT2D eigenvalue weighted by Crippen LogP contribution is 2.32. The van der Waals surface area contributed by atoms with Gasteiger partial charge in [-0.2, -0.15) is 0 Å². The molecule has 0 radical (unpaired) electrons. The molecular weight excluding hydrogens is 308 g/mol. The van der Waals surface area contributed by atoms with Gasteiger partial charge in [0.1, 0.15) is 25.6 Å². The summed E-state index contributed by atoms with van der Waals surface area (Å²) in [5.41, 5.74) is 1.83. The van der Waals surface area contributed by atoms with Gasteiger partial charge in [0.05, 0.1) is 6.54 Å². The molecule has 3 rings (SSSR count). The third-order valence-corrected chi connectivity index (χ3v) is 3.48. The average molecular weight is 328 g/mol. The van der Waals surface area contributed by atoms with Crippen molar-refractivity contribution in [3.63, 3.8) is 0 Å². The first-order valence-electron chi connectivity index (χ1n) is 7.85. The van der Waals surface area contributed by atoms with Gasteiger partial charge in [-0.3, -0.25) is 0 Å². The van der Waals surface area contributed by atoms with Crippen LogP contribution in [0.1, 0.15) is 5.56 Å². The molecule has 1 aliphatic heterocycles. The van der Waals surface area contributed by atoms with E-state index in [2.05, 4.69) is 10.6 Å². The Morgan fingerprint density at radius 1 is 1.08 bits per heavy atom. The third-order valence-electron chi connectivity index (χ3n) is 3.48. The van der Waals surface area contributed by atoms with E-state index in [0.29, 0.717) is 43.6 Å². The van der Waals surface area contributed by atoms with Gasteiger partial charge in [0, 0.05) is 11.8 Å². The molecular formula is C18H20N2O4. The second kappa shape index (κ2) is 7.59. The van der Waals surface area contributed by atoms with Crippen LogP contribution in [0.5, 0.6) is 17.2 Å². The second-order valence-electron chi connectivity index (χ2n) is 5.40. The minimum absolute atomic E-state index is 0.292. The maximum absolute atomic E-state index is 11.9. The zero-order valence-electron chi connectivity index (χ0n) is 13.5. The van der Waals surface area contributed by atoms with Crippen LogP contribution in [0.4, 0.5) is 10.5 Å². The zero-order valence-corrected chi connectivity index (χ0v) is 13.5. The second-order valence-corrected chi connectivity index (χ2v) is 5.40. The van der Waals surface area contributed by atoms with Crippen molar-refractivity contribution in [2.45, 2.75) is 6.92 Å². The SMILES string of the molecule is Cc1ccc(OCCNC(=O)Nc2ccc3c(c2)OCCO3)cc1. The molecule has 1 aliphatic rings. The van der Waals surface area contributed by atoms with Gasteiger partial charge >= 0.3 is 6.03 Å². The molecule has 2 amide bonds. The van der Waals surface area contributed by atoms with E-state index in [1.165, 1.54) is 5.56 Å². The number of aryl methyl sites for hydroxylation is 1. The molecule has 0 spiro atoms. The van der Waals surface area contributed by atoms with Crippen LogP contribution in [0.3, 0.4) is 0 Å². The quantitative estimate of drug-likeness (QED) is 0.828. The number of nitrogens with one attached hydrogen (secondary N) is 2. The summed E-state index contributed by atoms with van der Waals surface area (Å²) in [6.45, 7) is 3.88. The minimum atomic E-state index is -0.292. The molecule has 0 atom stereocenters. The Kier molecular flexibility index (Phi) is 5.05. The lowest BCUT2D eigenvalue weighted by Gasteiger charge is -2.19. The first-order chi connectivity index (χ1) is 11.7. The number of anilines is 1. The van der Waals surface area contributed by atoms with Crippen molar-refractivity contribution in [1.29, 1.82) is 0 Å². The highest BCUT2D eigenvalue weighted by Gasteiger charge is 2.12. The summed E-state index contributed by atoms with van der Waals surface area (Å²) in [7, 11) is 0. The predicted octanol–water partition coefficient (Wildman–Crippen LogP) is 2.97. The Balaban J connectivity index is 1.41. The molecule has 0 bridgehead atoms. The van der Waals surface area contributed by atoms with E-state index in [1.807, 2.05) is 31.2 Å². The third kappa shape index (κ3) is 4.32. The van der Waals surface area contributed by atoms with Crippen LogP contribution in [0.15, 0.2) is 42.5 Å². The molecule has 6 nitrogen and oxygen atoms in total. The summed E-state index contributed by atoms with van der Waals surface area (Å²) in [6.07, 6.45) is 0. The standard InChI is InChI=1S/C18H20N2O4/c1-13-2-5-15(6-3-13)22-9-8-19-18(21)20-14-4-7-16-17(12-14)24-11-10-23-16/h2-7,12H,8-11H2,1H3,(H2,19,20,21). The van der Waals surface area contributed by atoms with E-state index >= 15 is 0 Å². The lowest BCUT2D eigenvalue weighted by atomic mass is 10.2. The molecule has 6 heteroatoms. The number of carbonyl (C=O) groups excluding carboxylic acids is 1. The van der Waals surface area contributed by atoms with Gasteiger partial charge in [-0.1, -0.05) is 17.7 Å². The Morgan fingerprint density at radius 2 is 1.83 bits per heavy atom. The molecule has 0 saturated heterocycles. The Bertz CT molecular complexity index is 701. The molecule has 1 heterocycles. The van der Waals surface area contributed by atoms with E-state index in [-0.39, 0.29) is 6.03 Å². The van der Waals surface area contributed by atoms with Crippen LogP contribution in [0.25, 0.3) is 0 Å². The number of rotatable bonds is 5. The Labute approximate surface area is 140 Å². The van der Waals surface area contributed by atoms with Crippen molar-refractivity contribution >= 4 is 11.7 Å². The van der Waals surface area contributed by atoms with E-state index in [0.717, 1.165) is 5.75 Å². The van der Waals surface area contributed by atoms with Crippen molar-refractivity contribution < 1.29 is 19.0 Å². The predicted molar refractivity (Wildman–Crippen MR) is 91.1 cm³/mol. The van der Waals surface area contributed by atoms with Gasteiger partial charge in [0.15, 0.2) is 11.5 Å². The van der Waals surface area contributed by atoms with Crippen LogP contribution in [0.2, 0.25) is 0 Å². The smallest absolute Gasteiger partial charge is 0.319 e. The van der Waals surface area contributed by atoms with Crippen molar-refractivity contribution in [3.8, 4) is 17.2 Å². The van der Waals surface area contributed by atoms with Gasteiger partial charge in [0.2, 0.25) is 0 Å². The maximum Gasteiger partial charge on any atom is 0.319 e. The lowest BCUT2D eigenvalue weighted by molar-refractivity contribution is 0.171. The lowest BCUT2D eigenvalue weighted by Crippen LogP contribution is -2.32. The molecule has 24 heavy (non-hydrogen) atoms. The van der Waals surface area contributed by atoms with Crippen LogP contribution < -0.4 is 24.8 Å². The number of benzene rings is 2. The summed E-state index contributed by atoms with van der Waals surface area (Å²) in [5, 5.41) is 5.50. The highest BCUT2D eigenvalue weighted by atomic mass is 16.6. The van der Waals surface area contributed by atoms with Crippen LogP contribution in [-0.2, 0) is 0 Å². The Morgan fingerprint density at radius 3 is 2.62 bits per heavy atom. The van der Waals surface area contributed by atoms with Gasteiger partial charge in [-0.15, -0.1) is 0 Å². The number of hydrogen-bond acceptors (Lipinski definition) is 4. The topological polar surface area (TPSA) is 68.8 Å². The molecule has 126 valence electrons. The maximum atomic E-state index is 11.9. The Hall–Kier alpha value is -2.89. The normalized spacial score (nSPS) is 12.4. The summed E-state index contributed by atoms with van der Waals surface area (Å²) in [6, 6.07) is 12.8. The van der Waals surface area contributed by atoms with E-state index < -0.39 is 0 Å². The van der Waals surface area contributed by atoms with E-state index in [4.69, 9.17) is 14.2 Å². The van der Waals surface area contributed by atoms with Crippen molar-refractivity contribution in [2.75, 3.05) is 31.7 Å². The first kappa shape index (κ1) is 16.0. The highest BCUT2D eigenvalue weighted by molar-refractivity contribution is 5.89. The number of ether oxygens (including phenoxy) is 3. The number of amides is 2. The fraction of sp³-hybridized carbons (Fsp3) is 0.278. The molecule has 2 aromatic rings. The minimum Gasteiger partial charge on any atom is -0.492 e. The van der Waals surface area contributed by atoms with Crippen LogP contribution in [-0.4, -0.2) is 32.4 Å².